The Morgan fingerprint density at radius 1 is 1.22 bits per heavy atom. The van der Waals surface area contributed by atoms with Crippen LogP contribution in [-0.2, 0) is 26.2 Å². The second kappa shape index (κ2) is 13.8. The SMILES string of the molecule is CC(C)(C)[N-]C1=CC=CC1.C[C-](C)C.C[SiH]C.[H-].[H-].[Zr+4]. The Balaban J connectivity index is -0.0000000653. The molecule has 1 radical (unpaired) electrons. The molecule has 0 spiro atoms. The summed E-state index contributed by atoms with van der Waals surface area (Å²) in [4.78, 5) is 0. The molecule has 0 saturated carbocycles. The third-order valence-corrected chi connectivity index (χ3v) is 1.23. The van der Waals surface area contributed by atoms with Crippen molar-refractivity contribution in [3.8, 4) is 0 Å². The van der Waals surface area contributed by atoms with Gasteiger partial charge in [-0.15, -0.1) is 5.54 Å². The largest absolute Gasteiger partial charge is 4.00 e. The number of allylic oxidation sites excluding steroid dienone is 3. The zero-order chi connectivity index (χ0) is 13.9. The minimum Gasteiger partial charge on any atom is -1.00 e. The van der Waals surface area contributed by atoms with Gasteiger partial charge in [-0.3, -0.25) is 0 Å². The quantitative estimate of drug-likeness (QED) is 0.448. The molecule has 1 aliphatic rings. The van der Waals surface area contributed by atoms with Crippen LogP contribution >= 0.6 is 0 Å². The van der Waals surface area contributed by atoms with E-state index in [0.29, 0.717) is 0 Å². The first kappa shape index (κ1) is 23.5. The first-order valence-corrected chi connectivity index (χ1v) is 8.63. The second-order valence-corrected chi connectivity index (χ2v) is 6.80. The van der Waals surface area contributed by atoms with Gasteiger partial charge in [0, 0.05) is 9.52 Å². The number of hydrogen-bond donors (Lipinski definition) is 0. The standard InChI is InChI=1S/C9H14N.C4H9.C2H7Si.Zr.2H/c1-9(2,3)10-8-6-4-5-7-8;1-4(2)3;1-3-2;;;/h4-6H,7H2,1-3H3;1-3H3;3H,1-2H3;;;/q2*-1;;+4;2*-1. The summed E-state index contributed by atoms with van der Waals surface area (Å²) in [7, 11) is 0.750. The summed E-state index contributed by atoms with van der Waals surface area (Å²) in [5.74, 6) is 1.42. The third-order valence-electron chi connectivity index (χ3n) is 1.23. The molecule has 18 heavy (non-hydrogen) atoms. The van der Waals surface area contributed by atoms with Crippen LogP contribution in [0.5, 0.6) is 0 Å². The van der Waals surface area contributed by atoms with Crippen LogP contribution in [0.3, 0.4) is 0 Å². The molecule has 1 rings (SSSR count). The van der Waals surface area contributed by atoms with Crippen molar-refractivity contribution < 1.29 is 29.1 Å². The van der Waals surface area contributed by atoms with Gasteiger partial charge in [0.25, 0.3) is 0 Å². The molecular formula is C15H32NSiZr. The summed E-state index contributed by atoms with van der Waals surface area (Å²) in [5.41, 5.74) is 1.28. The van der Waals surface area contributed by atoms with Crippen molar-refractivity contribution in [3.05, 3.63) is 35.2 Å². The maximum atomic E-state index is 4.51. The molecule has 0 aromatic heterocycles. The minimum absolute atomic E-state index is 0. The van der Waals surface area contributed by atoms with E-state index in [1.54, 1.807) is 0 Å². The van der Waals surface area contributed by atoms with Crippen LogP contribution in [0.25, 0.3) is 5.32 Å². The van der Waals surface area contributed by atoms with Gasteiger partial charge < -0.3 is 14.1 Å². The number of rotatable bonds is 1. The van der Waals surface area contributed by atoms with E-state index in [1.165, 1.54) is 11.6 Å². The van der Waals surface area contributed by atoms with E-state index in [4.69, 9.17) is 0 Å². The average Bonchev–Trinajstić information content (AvgIpc) is 2.53. The summed E-state index contributed by atoms with van der Waals surface area (Å²) in [6.45, 7) is 17.0. The van der Waals surface area contributed by atoms with Gasteiger partial charge in [-0.05, 0) is 6.42 Å². The Bertz CT molecular complexity index is 234. The minimum atomic E-state index is 0. The zero-order valence-corrected chi connectivity index (χ0v) is 17.1. The van der Waals surface area contributed by atoms with E-state index in [-0.39, 0.29) is 34.6 Å². The average molecular weight is 346 g/mol. The van der Waals surface area contributed by atoms with E-state index in [2.05, 4.69) is 78.2 Å². The fourth-order valence-corrected chi connectivity index (χ4v) is 0.950. The predicted molar refractivity (Wildman–Crippen MR) is 86.3 cm³/mol. The Morgan fingerprint density at radius 2 is 1.61 bits per heavy atom. The molecule has 0 aromatic rings. The second-order valence-electron chi connectivity index (χ2n) is 5.65. The van der Waals surface area contributed by atoms with E-state index in [9.17, 15) is 0 Å². The monoisotopic (exact) mass is 344 g/mol. The Morgan fingerprint density at radius 3 is 1.83 bits per heavy atom. The fraction of sp³-hybridized carbons (Fsp3) is 0.667. The first-order valence-electron chi connectivity index (χ1n) is 6.32. The summed E-state index contributed by atoms with van der Waals surface area (Å²) < 4.78 is 0. The molecule has 0 aliphatic heterocycles. The van der Waals surface area contributed by atoms with Crippen molar-refractivity contribution in [1.29, 1.82) is 0 Å². The predicted octanol–water partition coefficient (Wildman–Crippen LogP) is 5.36. The molecule has 1 nitrogen and oxygen atoms in total. The van der Waals surface area contributed by atoms with Gasteiger partial charge >= 0.3 is 26.2 Å². The van der Waals surface area contributed by atoms with Gasteiger partial charge in [0.15, 0.2) is 0 Å². The molecule has 105 valence electrons. The summed E-state index contributed by atoms with van der Waals surface area (Å²) in [5, 5.41) is 4.51. The van der Waals surface area contributed by atoms with Crippen LogP contribution in [0, 0.1) is 5.92 Å². The number of hydrogen-bond acceptors (Lipinski definition) is 0. The topological polar surface area (TPSA) is 14.1 Å². The zero-order valence-electron chi connectivity index (χ0n) is 15.5. The van der Waals surface area contributed by atoms with Crippen molar-refractivity contribution in [2.45, 2.75) is 66.6 Å². The van der Waals surface area contributed by atoms with Crippen molar-refractivity contribution in [2.75, 3.05) is 0 Å². The third kappa shape index (κ3) is 25.3. The van der Waals surface area contributed by atoms with Crippen LogP contribution in [-0.4, -0.2) is 15.1 Å². The molecule has 0 N–H and O–H groups in total. The molecule has 1 aliphatic carbocycles. The van der Waals surface area contributed by atoms with Gasteiger partial charge in [-0.2, -0.15) is 26.5 Å². The molecule has 0 bridgehead atoms. The summed E-state index contributed by atoms with van der Waals surface area (Å²) in [6, 6.07) is 0. The van der Waals surface area contributed by atoms with Gasteiger partial charge in [0.2, 0.25) is 0 Å². The molecule has 0 amide bonds. The Kier molecular flexibility index (Phi) is 18.0. The fourth-order valence-electron chi connectivity index (χ4n) is 0.950. The summed E-state index contributed by atoms with van der Waals surface area (Å²) in [6.07, 6.45) is 7.28. The van der Waals surface area contributed by atoms with Gasteiger partial charge in [-0.25, -0.2) is 0 Å². The van der Waals surface area contributed by atoms with Crippen molar-refractivity contribution in [2.24, 2.45) is 0 Å². The van der Waals surface area contributed by atoms with Crippen LogP contribution in [0.1, 0.15) is 50.8 Å². The van der Waals surface area contributed by atoms with Gasteiger partial charge in [-0.1, -0.05) is 52.1 Å². The Hall–Kier alpha value is 0.380. The van der Waals surface area contributed by atoms with E-state index >= 15 is 0 Å². The van der Waals surface area contributed by atoms with E-state index in [1.807, 2.05) is 0 Å². The maximum Gasteiger partial charge on any atom is 4.00 e. The molecule has 0 unspecified atom stereocenters. The number of nitrogens with zero attached hydrogens (tertiary/aromatic N) is 1. The van der Waals surface area contributed by atoms with Crippen LogP contribution in [0.4, 0.5) is 0 Å². The van der Waals surface area contributed by atoms with Crippen LogP contribution < -0.4 is 0 Å². The van der Waals surface area contributed by atoms with E-state index < -0.39 is 0 Å². The molecule has 0 aromatic carbocycles. The molecule has 0 fully saturated rings. The van der Waals surface area contributed by atoms with Crippen LogP contribution in [0.2, 0.25) is 13.1 Å². The van der Waals surface area contributed by atoms with E-state index in [0.717, 1.165) is 15.9 Å². The smallest absolute Gasteiger partial charge is 1.00 e. The van der Waals surface area contributed by atoms with Crippen LogP contribution in [0.15, 0.2) is 23.9 Å². The van der Waals surface area contributed by atoms with Crippen molar-refractivity contribution in [1.82, 2.24) is 0 Å². The molecule has 3 heteroatoms. The first-order chi connectivity index (χ1) is 7.72. The molecular weight excluding hydrogens is 313 g/mol. The molecule has 0 saturated heterocycles. The van der Waals surface area contributed by atoms with Gasteiger partial charge in [0.1, 0.15) is 0 Å². The maximum absolute atomic E-state index is 4.51. The normalized spacial score (nSPS) is 12.6. The Labute approximate surface area is 140 Å². The molecule has 0 atom stereocenters. The van der Waals surface area contributed by atoms with Crippen molar-refractivity contribution >= 4 is 9.52 Å². The van der Waals surface area contributed by atoms with Gasteiger partial charge in [0.05, 0.1) is 0 Å². The summed E-state index contributed by atoms with van der Waals surface area (Å²) >= 11 is 0. The van der Waals surface area contributed by atoms with Crippen molar-refractivity contribution in [3.63, 3.8) is 0 Å². The molecule has 0 heterocycles.